The van der Waals surface area contributed by atoms with Gasteiger partial charge in [0.2, 0.25) is 0 Å². The molecule has 1 aromatic carbocycles. The summed E-state index contributed by atoms with van der Waals surface area (Å²) in [6.07, 6.45) is 3.90. The van der Waals surface area contributed by atoms with Crippen molar-refractivity contribution in [2.24, 2.45) is 0 Å². The number of nitrogens with zero attached hydrogens (tertiary/aromatic N) is 1. The smallest absolute Gasteiger partial charge is 0.262 e. The molecule has 1 aliphatic heterocycles. The molecule has 0 spiro atoms. The number of carbonyl (C=O) groups is 2. The Kier molecular flexibility index (Phi) is 3.75. The van der Waals surface area contributed by atoms with Gasteiger partial charge in [0, 0.05) is 12.1 Å². The summed E-state index contributed by atoms with van der Waals surface area (Å²) in [6, 6.07) is 5.08. The fourth-order valence-corrected chi connectivity index (χ4v) is 3.46. The average molecular weight is 357 g/mol. The molecule has 1 aromatic heterocycles. The van der Waals surface area contributed by atoms with Crippen LogP contribution < -0.4 is 21.3 Å². The summed E-state index contributed by atoms with van der Waals surface area (Å²) in [5.41, 5.74) is 5.30. The van der Waals surface area contributed by atoms with Crippen molar-refractivity contribution in [1.82, 2.24) is 9.88 Å². The fraction of sp³-hybridized carbons (Fsp3) is 0.278. The normalized spacial score (nSPS) is 16.7. The van der Waals surface area contributed by atoms with Crippen molar-refractivity contribution in [3.8, 4) is 11.4 Å². The van der Waals surface area contributed by atoms with Gasteiger partial charge in [-0.05, 0) is 37.8 Å². The second-order valence-electron chi connectivity index (χ2n) is 6.41. The molecule has 1 aliphatic carbocycles. The number of hydrogen-bond donors (Lipinski definition) is 2. The Labute approximate surface area is 147 Å². The number of fused-ring (bicyclic) bond motifs is 1. The third-order valence-corrected chi connectivity index (χ3v) is 4.72. The Balaban J connectivity index is 1.75. The number of benzene rings is 1. The van der Waals surface area contributed by atoms with Gasteiger partial charge in [0.1, 0.15) is 5.82 Å². The molecule has 0 unspecified atom stereocenters. The predicted octanol–water partition coefficient (Wildman–Crippen LogP) is 1.76. The number of nitrogens with two attached hydrogens (primary N) is 1. The zero-order valence-electron chi connectivity index (χ0n) is 13.8. The molecule has 3 N–H and O–H groups in total. The Morgan fingerprint density at radius 3 is 2.54 bits per heavy atom. The number of nitrogen functional groups attached to an aromatic ring is 1. The highest BCUT2D eigenvalue weighted by Crippen LogP contribution is 2.28. The maximum absolute atomic E-state index is 14.5. The van der Waals surface area contributed by atoms with E-state index in [1.165, 1.54) is 12.1 Å². The van der Waals surface area contributed by atoms with Crippen molar-refractivity contribution in [2.75, 3.05) is 5.73 Å². The van der Waals surface area contributed by atoms with Crippen LogP contribution in [0.1, 0.15) is 46.4 Å². The first kappa shape index (κ1) is 16.3. The largest absolute Gasteiger partial charge is 0.487 e. The van der Waals surface area contributed by atoms with E-state index in [0.29, 0.717) is 0 Å². The number of ether oxygens (including phenoxy) is 1. The zero-order chi connectivity index (χ0) is 18.4. The number of rotatable bonds is 3. The van der Waals surface area contributed by atoms with Crippen LogP contribution in [-0.4, -0.2) is 22.5 Å². The number of carbonyl (C=O) groups excluding carboxylic acids is 2. The van der Waals surface area contributed by atoms with Crippen LogP contribution >= 0.6 is 0 Å². The number of amides is 2. The van der Waals surface area contributed by atoms with Gasteiger partial charge in [-0.3, -0.25) is 24.3 Å². The molecule has 8 heteroatoms. The zero-order valence-corrected chi connectivity index (χ0v) is 13.8. The molecule has 2 amide bonds. The van der Waals surface area contributed by atoms with Crippen LogP contribution in [0.25, 0.3) is 5.69 Å². The molecule has 0 saturated heterocycles. The molecule has 4 rings (SSSR count). The van der Waals surface area contributed by atoms with Crippen LogP contribution in [0.3, 0.4) is 0 Å². The number of nitrogens with one attached hydrogen (secondary N) is 1. The number of pyridine rings is 1. The standard InChI is InChI=1S/C18H16FN3O4/c19-12-7-9(5-6-13(12)26-10-3-1-2-4-10)22-14(23)8-11-15(16(22)20)18(25)21-17(11)24/h5-8,10H,1-4,20H2,(H,21,24,25). The molecule has 1 saturated carbocycles. The monoisotopic (exact) mass is 357 g/mol. The van der Waals surface area contributed by atoms with E-state index in [1.807, 2.05) is 0 Å². The van der Waals surface area contributed by atoms with E-state index in [9.17, 15) is 18.8 Å². The summed E-state index contributed by atoms with van der Waals surface area (Å²) in [7, 11) is 0. The highest BCUT2D eigenvalue weighted by molar-refractivity contribution is 6.23. The van der Waals surface area contributed by atoms with Crippen molar-refractivity contribution in [1.29, 1.82) is 0 Å². The minimum Gasteiger partial charge on any atom is -0.487 e. The number of anilines is 1. The molecule has 2 aromatic rings. The van der Waals surface area contributed by atoms with Crippen LogP contribution in [-0.2, 0) is 0 Å². The first-order valence-electron chi connectivity index (χ1n) is 8.33. The summed E-state index contributed by atoms with van der Waals surface area (Å²) >= 11 is 0. The molecule has 7 nitrogen and oxygen atoms in total. The Morgan fingerprint density at radius 1 is 1.12 bits per heavy atom. The van der Waals surface area contributed by atoms with Gasteiger partial charge in [0.25, 0.3) is 17.4 Å². The Bertz CT molecular complexity index is 993. The molecule has 26 heavy (non-hydrogen) atoms. The summed E-state index contributed by atoms with van der Waals surface area (Å²) < 4.78 is 21.1. The lowest BCUT2D eigenvalue weighted by Gasteiger charge is -2.16. The van der Waals surface area contributed by atoms with Gasteiger partial charge in [-0.2, -0.15) is 0 Å². The van der Waals surface area contributed by atoms with Crippen molar-refractivity contribution >= 4 is 17.6 Å². The van der Waals surface area contributed by atoms with Crippen LogP contribution in [0.2, 0.25) is 0 Å². The van der Waals surface area contributed by atoms with Crippen LogP contribution in [0, 0.1) is 5.82 Å². The van der Waals surface area contributed by atoms with E-state index >= 15 is 0 Å². The van der Waals surface area contributed by atoms with E-state index in [1.54, 1.807) is 0 Å². The van der Waals surface area contributed by atoms with Crippen LogP contribution in [0.5, 0.6) is 5.75 Å². The van der Waals surface area contributed by atoms with Crippen molar-refractivity contribution in [2.45, 2.75) is 31.8 Å². The van der Waals surface area contributed by atoms with Gasteiger partial charge in [-0.1, -0.05) is 0 Å². The minimum atomic E-state index is -0.682. The lowest BCUT2D eigenvalue weighted by molar-refractivity contribution is 0.0880. The third-order valence-electron chi connectivity index (χ3n) is 4.72. The molecule has 134 valence electrons. The van der Waals surface area contributed by atoms with E-state index in [4.69, 9.17) is 10.5 Å². The number of aromatic nitrogens is 1. The molecule has 2 heterocycles. The molecular weight excluding hydrogens is 341 g/mol. The number of imide groups is 1. The summed E-state index contributed by atoms with van der Waals surface area (Å²) in [5.74, 6) is -2.08. The Morgan fingerprint density at radius 2 is 1.85 bits per heavy atom. The van der Waals surface area contributed by atoms with Gasteiger partial charge in [0.15, 0.2) is 11.6 Å². The predicted molar refractivity (Wildman–Crippen MR) is 91.1 cm³/mol. The molecule has 0 radical (unpaired) electrons. The van der Waals surface area contributed by atoms with Gasteiger partial charge in [-0.15, -0.1) is 0 Å². The van der Waals surface area contributed by atoms with Crippen molar-refractivity contribution in [3.05, 3.63) is 51.6 Å². The minimum absolute atomic E-state index is 0.00200. The van der Waals surface area contributed by atoms with Crippen LogP contribution in [0.4, 0.5) is 10.2 Å². The average Bonchev–Trinajstić information content (AvgIpc) is 3.18. The number of hydrogen-bond acceptors (Lipinski definition) is 5. The summed E-state index contributed by atoms with van der Waals surface area (Å²) in [6.45, 7) is 0. The molecule has 0 atom stereocenters. The molecule has 1 fully saturated rings. The lowest BCUT2D eigenvalue weighted by atomic mass is 10.1. The first-order valence-corrected chi connectivity index (χ1v) is 8.33. The van der Waals surface area contributed by atoms with Crippen molar-refractivity contribution < 1.29 is 18.7 Å². The van der Waals surface area contributed by atoms with Gasteiger partial charge >= 0.3 is 0 Å². The quantitative estimate of drug-likeness (QED) is 0.815. The topological polar surface area (TPSA) is 103 Å². The van der Waals surface area contributed by atoms with Gasteiger partial charge in [-0.25, -0.2) is 4.39 Å². The summed E-state index contributed by atoms with van der Waals surface area (Å²) in [4.78, 5) is 35.9. The number of halogens is 1. The second-order valence-corrected chi connectivity index (χ2v) is 6.41. The first-order chi connectivity index (χ1) is 12.5. The van der Waals surface area contributed by atoms with Gasteiger partial charge < -0.3 is 10.5 Å². The van der Waals surface area contributed by atoms with E-state index in [2.05, 4.69) is 5.32 Å². The van der Waals surface area contributed by atoms with E-state index < -0.39 is 23.2 Å². The summed E-state index contributed by atoms with van der Waals surface area (Å²) in [5, 5.41) is 2.09. The second kappa shape index (κ2) is 5.98. The molecular formula is C18H16FN3O4. The van der Waals surface area contributed by atoms with E-state index in [0.717, 1.165) is 42.4 Å². The maximum atomic E-state index is 14.5. The third kappa shape index (κ3) is 2.54. The highest BCUT2D eigenvalue weighted by atomic mass is 19.1. The Hall–Kier alpha value is -3.16. The molecule has 0 bridgehead atoms. The van der Waals surface area contributed by atoms with Crippen LogP contribution in [0.15, 0.2) is 29.1 Å². The highest BCUT2D eigenvalue weighted by Gasteiger charge is 2.32. The van der Waals surface area contributed by atoms with Gasteiger partial charge in [0.05, 0.1) is 22.9 Å². The lowest BCUT2D eigenvalue weighted by Crippen LogP contribution is -2.24. The fourth-order valence-electron chi connectivity index (χ4n) is 3.46. The SMILES string of the molecule is Nc1c2c(cc(=O)n1-c1ccc(OC3CCCC3)c(F)c1)C(=O)NC2=O. The van der Waals surface area contributed by atoms with E-state index in [-0.39, 0.29) is 34.5 Å². The maximum Gasteiger partial charge on any atom is 0.262 e. The van der Waals surface area contributed by atoms with Crippen molar-refractivity contribution in [3.63, 3.8) is 0 Å². The molecule has 2 aliphatic rings.